The van der Waals surface area contributed by atoms with Crippen LogP contribution in [0.1, 0.15) is 39.4 Å². The van der Waals surface area contributed by atoms with E-state index in [0.29, 0.717) is 5.56 Å². The summed E-state index contributed by atoms with van der Waals surface area (Å²) < 4.78 is 36.1. The van der Waals surface area contributed by atoms with Gasteiger partial charge in [0.2, 0.25) is 0 Å². The molecule has 9 nitrogen and oxygen atoms in total. The van der Waals surface area contributed by atoms with E-state index in [1.54, 1.807) is 75.4 Å². The lowest BCUT2D eigenvalue weighted by molar-refractivity contribution is -0.149. The summed E-state index contributed by atoms with van der Waals surface area (Å²) in [6, 6.07) is 16.3. The predicted molar refractivity (Wildman–Crippen MR) is 125 cm³/mol. The maximum Gasteiger partial charge on any atom is 0.459 e. The predicted octanol–water partition coefficient (Wildman–Crippen LogP) is 3.37. The fraction of sp³-hybridized carbons (Fsp3) is 0.458. The highest BCUT2D eigenvalue weighted by atomic mass is 31.2. The molecule has 0 spiro atoms. The van der Waals surface area contributed by atoms with Gasteiger partial charge >= 0.3 is 13.7 Å². The number of esters is 1. The van der Waals surface area contributed by atoms with Gasteiger partial charge in [-0.1, -0.05) is 48.5 Å². The van der Waals surface area contributed by atoms with Crippen molar-refractivity contribution in [3.63, 3.8) is 0 Å². The maximum atomic E-state index is 13.7. The van der Waals surface area contributed by atoms with Crippen LogP contribution in [0.3, 0.4) is 0 Å². The number of aliphatic hydroxyl groups is 2. The van der Waals surface area contributed by atoms with E-state index in [1.807, 2.05) is 6.07 Å². The lowest BCUT2D eigenvalue weighted by Crippen LogP contribution is -2.45. The van der Waals surface area contributed by atoms with Crippen LogP contribution in [0.5, 0.6) is 5.75 Å². The Morgan fingerprint density at radius 1 is 1.09 bits per heavy atom. The minimum Gasteiger partial charge on any atom is -0.462 e. The van der Waals surface area contributed by atoms with Crippen LogP contribution in [0.4, 0.5) is 0 Å². The average Bonchev–Trinajstić information content (AvgIpc) is 3.03. The van der Waals surface area contributed by atoms with E-state index >= 15 is 0 Å². The smallest absolute Gasteiger partial charge is 0.459 e. The lowest BCUT2D eigenvalue weighted by Gasteiger charge is -2.30. The summed E-state index contributed by atoms with van der Waals surface area (Å²) in [5, 5.41) is 23.9. The van der Waals surface area contributed by atoms with Gasteiger partial charge < -0.3 is 24.2 Å². The third-order valence-electron chi connectivity index (χ3n) is 5.33. The van der Waals surface area contributed by atoms with E-state index in [2.05, 4.69) is 5.09 Å². The summed E-state index contributed by atoms with van der Waals surface area (Å²) in [5.74, 6) is -0.374. The number of aliphatic hydroxyl groups excluding tert-OH is 2. The number of rotatable bonds is 10. The second kappa shape index (κ2) is 11.0. The molecule has 186 valence electrons. The Morgan fingerprint density at radius 2 is 1.68 bits per heavy atom. The minimum atomic E-state index is -4.15. The van der Waals surface area contributed by atoms with Crippen molar-refractivity contribution in [1.82, 2.24) is 5.09 Å². The first-order valence-corrected chi connectivity index (χ1v) is 12.6. The quantitative estimate of drug-likeness (QED) is 0.338. The van der Waals surface area contributed by atoms with Crippen molar-refractivity contribution in [3.8, 4) is 5.75 Å². The Labute approximate surface area is 199 Å². The Hall–Kier alpha value is -2.26. The van der Waals surface area contributed by atoms with Crippen molar-refractivity contribution in [2.75, 3.05) is 6.61 Å². The number of ether oxygens (including phenoxy) is 2. The summed E-state index contributed by atoms with van der Waals surface area (Å²) in [7, 11) is -4.15. The summed E-state index contributed by atoms with van der Waals surface area (Å²) in [6.45, 7) is 6.04. The molecule has 34 heavy (non-hydrogen) atoms. The molecule has 10 heteroatoms. The molecule has 1 fully saturated rings. The van der Waals surface area contributed by atoms with E-state index in [4.69, 9.17) is 18.5 Å². The summed E-state index contributed by atoms with van der Waals surface area (Å²) in [5.41, 5.74) is -0.719. The fourth-order valence-electron chi connectivity index (χ4n) is 3.53. The summed E-state index contributed by atoms with van der Waals surface area (Å²) >= 11 is 0. The molecule has 0 bridgehead atoms. The van der Waals surface area contributed by atoms with Crippen molar-refractivity contribution in [2.45, 2.75) is 63.8 Å². The summed E-state index contributed by atoms with van der Waals surface area (Å²) in [4.78, 5) is 12.3. The van der Waals surface area contributed by atoms with Crippen LogP contribution >= 0.6 is 7.75 Å². The highest BCUT2D eigenvalue weighted by molar-refractivity contribution is 7.52. The average molecular weight is 493 g/mol. The first-order chi connectivity index (χ1) is 16.0. The maximum absolute atomic E-state index is 13.7. The van der Waals surface area contributed by atoms with Gasteiger partial charge in [-0.15, -0.1) is 0 Å². The van der Waals surface area contributed by atoms with Gasteiger partial charge in [0.25, 0.3) is 0 Å². The van der Waals surface area contributed by atoms with Crippen LogP contribution in [0.15, 0.2) is 60.7 Å². The monoisotopic (exact) mass is 493 g/mol. The molecular formula is C24H32NO8P. The van der Waals surface area contributed by atoms with Crippen LogP contribution in [0.25, 0.3) is 0 Å². The topological polar surface area (TPSA) is 124 Å². The Balaban J connectivity index is 1.77. The number of nitrogens with one attached hydrogen (secondary N) is 1. The highest BCUT2D eigenvalue weighted by Gasteiger charge is 2.53. The van der Waals surface area contributed by atoms with E-state index in [-0.39, 0.29) is 11.9 Å². The van der Waals surface area contributed by atoms with Gasteiger partial charge in [-0.2, -0.15) is 5.09 Å². The second-order valence-electron chi connectivity index (χ2n) is 8.71. The molecule has 1 saturated heterocycles. The zero-order valence-electron chi connectivity index (χ0n) is 19.7. The van der Waals surface area contributed by atoms with Crippen molar-refractivity contribution < 1.29 is 38.1 Å². The molecule has 2 aromatic carbocycles. The SMILES string of the molecule is CC(C)OC(=O)[C@H](C)N[P@](=O)(OC[C@@]1(C)O[C@@H](c2ccccc2)[C@H](O)[C@@H]1O)Oc1ccccc1. The zero-order chi connectivity index (χ0) is 24.9. The molecular weight excluding hydrogens is 461 g/mol. The van der Waals surface area contributed by atoms with Gasteiger partial charge in [-0.3, -0.25) is 9.32 Å². The van der Waals surface area contributed by atoms with Crippen LogP contribution < -0.4 is 9.61 Å². The molecule has 2 aromatic rings. The Morgan fingerprint density at radius 3 is 2.26 bits per heavy atom. The van der Waals surface area contributed by atoms with Gasteiger partial charge in [0.05, 0.1) is 12.7 Å². The fourth-order valence-corrected chi connectivity index (χ4v) is 5.12. The molecule has 0 aliphatic carbocycles. The molecule has 0 aromatic heterocycles. The number of hydrogen-bond acceptors (Lipinski definition) is 8. The number of benzene rings is 2. The number of carbonyl (C=O) groups is 1. The first-order valence-electron chi connectivity index (χ1n) is 11.1. The molecule has 1 heterocycles. The first kappa shape index (κ1) is 26.3. The molecule has 3 rings (SSSR count). The highest BCUT2D eigenvalue weighted by Crippen LogP contribution is 2.48. The van der Waals surface area contributed by atoms with Crippen molar-refractivity contribution in [1.29, 1.82) is 0 Å². The molecule has 1 aliphatic heterocycles. The van der Waals surface area contributed by atoms with E-state index in [9.17, 15) is 19.6 Å². The molecule has 1 aliphatic rings. The van der Waals surface area contributed by atoms with Crippen molar-refractivity contribution in [3.05, 3.63) is 66.2 Å². The normalized spacial score (nSPS) is 27.2. The van der Waals surface area contributed by atoms with Crippen LogP contribution in [0, 0.1) is 0 Å². The number of carbonyl (C=O) groups excluding carboxylic acids is 1. The second-order valence-corrected chi connectivity index (χ2v) is 10.4. The molecule has 3 N–H and O–H groups in total. The van der Waals surface area contributed by atoms with E-state index < -0.39 is 50.3 Å². The third kappa shape index (κ3) is 6.44. The molecule has 0 saturated carbocycles. The Kier molecular flexibility index (Phi) is 8.52. The van der Waals surface area contributed by atoms with Crippen molar-refractivity contribution >= 4 is 13.7 Å². The zero-order valence-corrected chi connectivity index (χ0v) is 20.6. The van der Waals surface area contributed by atoms with E-state index in [1.165, 1.54) is 6.92 Å². The molecule has 6 atom stereocenters. The van der Waals surface area contributed by atoms with E-state index in [0.717, 1.165) is 0 Å². The molecule has 0 radical (unpaired) electrons. The van der Waals surface area contributed by atoms with Crippen LogP contribution in [-0.4, -0.2) is 52.7 Å². The van der Waals surface area contributed by atoms with Gasteiger partial charge in [-0.05, 0) is 45.4 Å². The van der Waals surface area contributed by atoms with Gasteiger partial charge in [0.15, 0.2) is 0 Å². The molecule has 0 unspecified atom stereocenters. The largest absolute Gasteiger partial charge is 0.462 e. The van der Waals surface area contributed by atoms with Gasteiger partial charge in [-0.25, -0.2) is 4.57 Å². The summed E-state index contributed by atoms with van der Waals surface area (Å²) in [6.07, 6.45) is -3.71. The standard InChI is InChI=1S/C24H32NO8P/c1-16(2)31-23(28)17(3)25-34(29,33-19-13-9-6-10-14-19)30-15-24(4)22(27)20(26)21(32-24)18-11-7-5-8-12-18/h5-14,16-17,20-22,26-27H,15H2,1-4H3,(H,25,29)/t17-,20-,21-,22-,24+,34-/m0/s1. The van der Waals surface area contributed by atoms with Gasteiger partial charge in [0.1, 0.15) is 35.7 Å². The van der Waals surface area contributed by atoms with Crippen LogP contribution in [-0.2, 0) is 23.4 Å². The Bertz CT molecular complexity index is 989. The third-order valence-corrected chi connectivity index (χ3v) is 6.95. The lowest BCUT2D eigenvalue weighted by atomic mass is 9.95. The van der Waals surface area contributed by atoms with Crippen LogP contribution in [0.2, 0.25) is 0 Å². The molecule has 0 amide bonds. The minimum absolute atomic E-state index is 0.253. The van der Waals surface area contributed by atoms with Gasteiger partial charge in [0, 0.05) is 0 Å². The van der Waals surface area contributed by atoms with Crippen molar-refractivity contribution in [2.24, 2.45) is 0 Å². The number of hydrogen-bond donors (Lipinski definition) is 3. The number of para-hydroxylation sites is 1.